The minimum atomic E-state index is 0.0938. The molecule has 0 atom stereocenters. The normalized spacial score (nSPS) is 10.3. The summed E-state index contributed by atoms with van der Waals surface area (Å²) in [5, 5.41) is 0. The molecular weight excluding hydrogens is 248 g/mol. The van der Waals surface area contributed by atoms with Gasteiger partial charge in [-0.2, -0.15) is 0 Å². The molecule has 20 heavy (non-hydrogen) atoms. The molecule has 0 N–H and O–H groups in total. The van der Waals surface area contributed by atoms with Gasteiger partial charge in [0.05, 0.1) is 12.2 Å². The van der Waals surface area contributed by atoms with Crippen LogP contribution in [0.2, 0.25) is 0 Å². The molecule has 0 aliphatic carbocycles. The molecule has 0 amide bonds. The molecule has 3 nitrogen and oxygen atoms in total. The molecule has 1 heterocycles. The van der Waals surface area contributed by atoms with Crippen LogP contribution in [0.5, 0.6) is 0 Å². The number of aryl methyl sites for hydroxylation is 1. The average Bonchev–Trinajstić information content (AvgIpc) is 2.45. The second-order valence-electron chi connectivity index (χ2n) is 4.86. The van der Waals surface area contributed by atoms with Crippen molar-refractivity contribution in [3.8, 4) is 0 Å². The number of hydrogen-bond acceptors (Lipinski definition) is 3. The predicted octanol–water partition coefficient (Wildman–Crippen LogP) is 3.62. The number of nitrogens with zero attached hydrogens (tertiary/aromatic N) is 2. The largest absolute Gasteiger partial charge is 0.365 e. The molecule has 1 aromatic heterocycles. The first kappa shape index (κ1) is 14.3. The van der Waals surface area contributed by atoms with Crippen LogP contribution in [0.1, 0.15) is 35.6 Å². The molecule has 1 aromatic carbocycles. The number of carbonyl (C=O) groups excluding carboxylic acids is 1. The second kappa shape index (κ2) is 6.33. The average molecular weight is 268 g/mol. The lowest BCUT2D eigenvalue weighted by Crippen LogP contribution is -2.24. The fourth-order valence-corrected chi connectivity index (χ4v) is 2.30. The summed E-state index contributed by atoms with van der Waals surface area (Å²) >= 11 is 0. The highest BCUT2D eigenvalue weighted by molar-refractivity contribution is 5.99. The molecule has 0 fully saturated rings. The van der Waals surface area contributed by atoms with E-state index in [4.69, 9.17) is 0 Å². The molecule has 0 saturated carbocycles. The topological polar surface area (TPSA) is 33.2 Å². The minimum Gasteiger partial charge on any atom is -0.365 e. The Labute approximate surface area is 120 Å². The van der Waals surface area contributed by atoms with Gasteiger partial charge in [0.2, 0.25) is 0 Å². The Morgan fingerprint density at radius 2 is 1.90 bits per heavy atom. The first-order valence-corrected chi connectivity index (χ1v) is 6.89. The van der Waals surface area contributed by atoms with Gasteiger partial charge >= 0.3 is 0 Å². The van der Waals surface area contributed by atoms with Gasteiger partial charge in [0, 0.05) is 23.5 Å². The lowest BCUT2D eigenvalue weighted by molar-refractivity contribution is 0.101. The van der Waals surface area contributed by atoms with Gasteiger partial charge in [-0.05, 0) is 45.0 Å². The SMILES string of the molecule is CCN(Cc1cccc(C)n1)c1ccccc1C(C)=O. The molecule has 104 valence electrons. The molecule has 0 spiro atoms. The van der Waals surface area contributed by atoms with Crippen LogP contribution in [0.3, 0.4) is 0 Å². The van der Waals surface area contributed by atoms with Crippen LogP contribution >= 0.6 is 0 Å². The Bertz CT molecular complexity index is 607. The number of benzene rings is 1. The van der Waals surface area contributed by atoms with E-state index in [2.05, 4.69) is 16.8 Å². The summed E-state index contributed by atoms with van der Waals surface area (Å²) in [4.78, 5) is 18.5. The van der Waals surface area contributed by atoms with Gasteiger partial charge in [-0.3, -0.25) is 9.78 Å². The molecule has 2 aromatic rings. The lowest BCUT2D eigenvalue weighted by Gasteiger charge is -2.24. The van der Waals surface area contributed by atoms with Crippen molar-refractivity contribution in [3.63, 3.8) is 0 Å². The van der Waals surface area contributed by atoms with Gasteiger partial charge in [-0.15, -0.1) is 0 Å². The van der Waals surface area contributed by atoms with E-state index in [0.717, 1.165) is 29.2 Å². The number of rotatable bonds is 5. The molecule has 0 aliphatic heterocycles. The van der Waals surface area contributed by atoms with E-state index in [9.17, 15) is 4.79 Å². The molecule has 3 heteroatoms. The Morgan fingerprint density at radius 1 is 1.15 bits per heavy atom. The van der Waals surface area contributed by atoms with Crippen LogP contribution < -0.4 is 4.90 Å². The maximum absolute atomic E-state index is 11.8. The third-order valence-electron chi connectivity index (χ3n) is 3.30. The van der Waals surface area contributed by atoms with E-state index in [1.54, 1.807) is 6.92 Å². The molecule has 0 bridgehead atoms. The van der Waals surface area contributed by atoms with Crippen molar-refractivity contribution < 1.29 is 4.79 Å². The van der Waals surface area contributed by atoms with Gasteiger partial charge in [0.25, 0.3) is 0 Å². The Kier molecular flexibility index (Phi) is 4.51. The zero-order chi connectivity index (χ0) is 14.5. The number of aromatic nitrogens is 1. The van der Waals surface area contributed by atoms with Crippen molar-refractivity contribution in [2.24, 2.45) is 0 Å². The van der Waals surface area contributed by atoms with Crippen molar-refractivity contribution in [2.75, 3.05) is 11.4 Å². The van der Waals surface area contributed by atoms with E-state index in [1.165, 1.54) is 0 Å². The van der Waals surface area contributed by atoms with Gasteiger partial charge in [0.15, 0.2) is 5.78 Å². The van der Waals surface area contributed by atoms with E-state index in [-0.39, 0.29) is 5.78 Å². The maximum atomic E-state index is 11.8. The van der Waals surface area contributed by atoms with Crippen LogP contribution in [-0.2, 0) is 6.54 Å². The molecular formula is C17H20N2O. The van der Waals surface area contributed by atoms with Crippen LogP contribution in [0, 0.1) is 6.92 Å². The first-order valence-electron chi connectivity index (χ1n) is 6.89. The van der Waals surface area contributed by atoms with Crippen molar-refractivity contribution >= 4 is 11.5 Å². The van der Waals surface area contributed by atoms with E-state index < -0.39 is 0 Å². The lowest BCUT2D eigenvalue weighted by atomic mass is 10.1. The smallest absolute Gasteiger partial charge is 0.161 e. The van der Waals surface area contributed by atoms with E-state index in [0.29, 0.717) is 6.54 Å². The van der Waals surface area contributed by atoms with Gasteiger partial charge in [0.1, 0.15) is 0 Å². The Hall–Kier alpha value is -2.16. The van der Waals surface area contributed by atoms with Crippen LogP contribution in [0.15, 0.2) is 42.5 Å². The second-order valence-corrected chi connectivity index (χ2v) is 4.86. The van der Waals surface area contributed by atoms with Crippen LogP contribution in [-0.4, -0.2) is 17.3 Å². The van der Waals surface area contributed by atoms with E-state index >= 15 is 0 Å². The summed E-state index contributed by atoms with van der Waals surface area (Å²) in [6, 6.07) is 13.8. The summed E-state index contributed by atoms with van der Waals surface area (Å²) in [5.41, 5.74) is 3.77. The van der Waals surface area contributed by atoms with Crippen molar-refractivity contribution in [1.82, 2.24) is 4.98 Å². The van der Waals surface area contributed by atoms with Crippen molar-refractivity contribution in [1.29, 1.82) is 0 Å². The number of anilines is 1. The summed E-state index contributed by atoms with van der Waals surface area (Å²) in [7, 11) is 0. The van der Waals surface area contributed by atoms with Crippen LogP contribution in [0.4, 0.5) is 5.69 Å². The monoisotopic (exact) mass is 268 g/mol. The zero-order valence-corrected chi connectivity index (χ0v) is 12.3. The third-order valence-corrected chi connectivity index (χ3v) is 3.30. The summed E-state index contributed by atoms with van der Waals surface area (Å²) in [6.45, 7) is 7.23. The molecule has 0 aliphatic rings. The van der Waals surface area contributed by atoms with Gasteiger partial charge in [-0.1, -0.05) is 18.2 Å². The first-order chi connectivity index (χ1) is 9.61. The van der Waals surface area contributed by atoms with Gasteiger partial charge in [-0.25, -0.2) is 0 Å². The summed E-state index contributed by atoms with van der Waals surface area (Å²) in [5.74, 6) is 0.0938. The number of Topliss-reactive ketones (excluding diaryl/α,β-unsaturated/α-hetero) is 1. The highest BCUT2D eigenvalue weighted by atomic mass is 16.1. The fourth-order valence-electron chi connectivity index (χ4n) is 2.30. The highest BCUT2D eigenvalue weighted by Gasteiger charge is 2.13. The standard InChI is InChI=1S/C17H20N2O/c1-4-19(12-15-9-7-8-13(2)18-15)17-11-6-5-10-16(17)14(3)20/h5-11H,4,12H2,1-3H3. The third kappa shape index (κ3) is 3.23. The number of para-hydroxylation sites is 1. The zero-order valence-electron chi connectivity index (χ0n) is 12.3. The summed E-state index contributed by atoms with van der Waals surface area (Å²) < 4.78 is 0. The number of hydrogen-bond donors (Lipinski definition) is 0. The van der Waals surface area contributed by atoms with Gasteiger partial charge < -0.3 is 4.90 Å². The van der Waals surface area contributed by atoms with Crippen molar-refractivity contribution in [3.05, 3.63) is 59.4 Å². The maximum Gasteiger partial charge on any atom is 0.161 e. The Balaban J connectivity index is 2.31. The molecule has 0 unspecified atom stereocenters. The fraction of sp³-hybridized carbons (Fsp3) is 0.294. The minimum absolute atomic E-state index is 0.0938. The number of ketones is 1. The quantitative estimate of drug-likeness (QED) is 0.776. The van der Waals surface area contributed by atoms with E-state index in [1.807, 2.05) is 49.4 Å². The number of carbonyl (C=O) groups is 1. The highest BCUT2D eigenvalue weighted by Crippen LogP contribution is 2.22. The van der Waals surface area contributed by atoms with Crippen LogP contribution in [0.25, 0.3) is 0 Å². The molecule has 2 rings (SSSR count). The summed E-state index contributed by atoms with van der Waals surface area (Å²) in [6.07, 6.45) is 0. The molecule has 0 radical (unpaired) electrons. The Morgan fingerprint density at radius 3 is 2.55 bits per heavy atom. The molecule has 0 saturated heterocycles. The van der Waals surface area contributed by atoms with Crippen molar-refractivity contribution in [2.45, 2.75) is 27.3 Å². The predicted molar refractivity (Wildman–Crippen MR) is 82.1 cm³/mol. The number of pyridine rings is 1.